The van der Waals surface area contributed by atoms with Crippen LogP contribution in [0.5, 0.6) is 0 Å². The lowest BCUT2D eigenvalue weighted by Crippen LogP contribution is -2.08. The Labute approximate surface area is 105 Å². The van der Waals surface area contributed by atoms with Crippen LogP contribution < -0.4 is 0 Å². The molecule has 1 heterocycles. The molecule has 2 nitrogen and oxygen atoms in total. The van der Waals surface area contributed by atoms with Crippen LogP contribution in [0.25, 0.3) is 0 Å². The Balaban J connectivity index is 1.66. The molecule has 88 valence electrons. The van der Waals surface area contributed by atoms with Gasteiger partial charge >= 0.3 is 0 Å². The van der Waals surface area contributed by atoms with Gasteiger partial charge in [-0.3, -0.25) is 0 Å². The third-order valence-corrected chi connectivity index (χ3v) is 3.81. The fourth-order valence-corrected chi connectivity index (χ4v) is 2.81. The Hall–Kier alpha value is -0.220. The molecule has 0 radical (unpaired) electrons. The molecule has 1 aliphatic rings. The molecule has 16 heavy (non-hydrogen) atoms. The fourth-order valence-electron chi connectivity index (χ4n) is 1.55. The van der Waals surface area contributed by atoms with Crippen LogP contribution in [-0.2, 0) is 15.2 Å². The molecule has 0 amide bonds. The van der Waals surface area contributed by atoms with Gasteiger partial charge in [0.05, 0.1) is 13.2 Å². The van der Waals surface area contributed by atoms with Gasteiger partial charge in [0.2, 0.25) is 0 Å². The van der Waals surface area contributed by atoms with Crippen LogP contribution in [0.2, 0.25) is 5.02 Å². The first-order chi connectivity index (χ1) is 7.86. The molecular weight excluding hydrogens is 244 g/mol. The summed E-state index contributed by atoms with van der Waals surface area (Å²) < 4.78 is 10.7. The highest BCUT2D eigenvalue weighted by Gasteiger charge is 2.14. The van der Waals surface area contributed by atoms with E-state index in [1.54, 1.807) is 0 Å². The van der Waals surface area contributed by atoms with Gasteiger partial charge in [0.15, 0.2) is 6.29 Å². The maximum absolute atomic E-state index is 6.07. The summed E-state index contributed by atoms with van der Waals surface area (Å²) in [5, 5.41) is 0.850. The first kappa shape index (κ1) is 12.2. The number of ether oxygens (including phenoxy) is 2. The average Bonchev–Trinajstić information content (AvgIpc) is 2.79. The molecule has 1 aliphatic heterocycles. The maximum Gasteiger partial charge on any atom is 0.158 e. The molecule has 0 aromatic heterocycles. The van der Waals surface area contributed by atoms with E-state index < -0.39 is 0 Å². The number of hydrogen-bond acceptors (Lipinski definition) is 3. The molecule has 0 bridgehead atoms. The van der Waals surface area contributed by atoms with E-state index in [2.05, 4.69) is 6.07 Å². The molecule has 0 saturated carbocycles. The zero-order valence-corrected chi connectivity index (χ0v) is 10.6. The molecule has 0 unspecified atom stereocenters. The van der Waals surface area contributed by atoms with Gasteiger partial charge in [-0.25, -0.2) is 0 Å². The smallest absolute Gasteiger partial charge is 0.158 e. The van der Waals surface area contributed by atoms with Gasteiger partial charge in [-0.2, -0.15) is 11.8 Å². The van der Waals surface area contributed by atoms with E-state index in [0.717, 1.165) is 36.2 Å². The SMILES string of the molecule is Clc1ccccc1CSCCC1OCCO1. The van der Waals surface area contributed by atoms with Crippen LogP contribution in [-0.4, -0.2) is 25.3 Å². The summed E-state index contributed by atoms with van der Waals surface area (Å²) in [7, 11) is 0. The van der Waals surface area contributed by atoms with Crippen molar-refractivity contribution in [2.45, 2.75) is 18.5 Å². The van der Waals surface area contributed by atoms with Crippen LogP contribution in [0.4, 0.5) is 0 Å². The largest absolute Gasteiger partial charge is 0.350 e. The summed E-state index contributed by atoms with van der Waals surface area (Å²) >= 11 is 7.93. The number of halogens is 1. The second-order valence-electron chi connectivity index (χ2n) is 3.60. The van der Waals surface area contributed by atoms with Crippen molar-refractivity contribution in [1.82, 2.24) is 0 Å². The van der Waals surface area contributed by atoms with Gasteiger partial charge in [-0.15, -0.1) is 0 Å². The Morgan fingerprint density at radius 3 is 2.75 bits per heavy atom. The summed E-state index contributed by atoms with van der Waals surface area (Å²) in [4.78, 5) is 0. The van der Waals surface area contributed by atoms with Gasteiger partial charge < -0.3 is 9.47 Å². The van der Waals surface area contributed by atoms with Crippen molar-refractivity contribution in [3.63, 3.8) is 0 Å². The molecular formula is C12H15ClO2S. The van der Waals surface area contributed by atoms with Crippen LogP contribution in [0.3, 0.4) is 0 Å². The van der Waals surface area contributed by atoms with Crippen molar-refractivity contribution < 1.29 is 9.47 Å². The van der Waals surface area contributed by atoms with E-state index in [0.29, 0.717) is 0 Å². The highest BCUT2D eigenvalue weighted by Crippen LogP contribution is 2.22. The van der Waals surface area contributed by atoms with Gasteiger partial charge in [0, 0.05) is 17.2 Å². The molecule has 0 atom stereocenters. The molecule has 2 rings (SSSR count). The molecule has 1 aromatic carbocycles. The topological polar surface area (TPSA) is 18.5 Å². The summed E-state index contributed by atoms with van der Waals surface area (Å²) in [5.41, 5.74) is 1.20. The van der Waals surface area contributed by atoms with Crippen molar-refractivity contribution in [2.75, 3.05) is 19.0 Å². The third kappa shape index (κ3) is 3.67. The number of hydrogen-bond donors (Lipinski definition) is 0. The van der Waals surface area contributed by atoms with Gasteiger partial charge in [-0.1, -0.05) is 29.8 Å². The lowest BCUT2D eigenvalue weighted by Gasteiger charge is -2.08. The molecule has 1 saturated heterocycles. The van der Waals surface area contributed by atoms with Crippen LogP contribution in [0.1, 0.15) is 12.0 Å². The number of benzene rings is 1. The second-order valence-corrected chi connectivity index (χ2v) is 5.12. The number of rotatable bonds is 5. The van der Waals surface area contributed by atoms with Gasteiger partial charge in [0.25, 0.3) is 0 Å². The highest BCUT2D eigenvalue weighted by atomic mass is 35.5. The third-order valence-electron chi connectivity index (χ3n) is 2.40. The first-order valence-electron chi connectivity index (χ1n) is 5.40. The van der Waals surface area contributed by atoms with Gasteiger partial charge in [-0.05, 0) is 17.4 Å². The van der Waals surface area contributed by atoms with E-state index in [1.807, 2.05) is 30.0 Å². The highest BCUT2D eigenvalue weighted by molar-refractivity contribution is 7.98. The van der Waals surface area contributed by atoms with Crippen molar-refractivity contribution in [1.29, 1.82) is 0 Å². The minimum Gasteiger partial charge on any atom is -0.350 e. The normalized spacial score (nSPS) is 16.8. The standard InChI is InChI=1S/C12H15ClO2S/c13-11-4-2-1-3-10(11)9-16-8-5-12-14-6-7-15-12/h1-4,12H,5-9H2. The van der Waals surface area contributed by atoms with Crippen LogP contribution in [0, 0.1) is 0 Å². The first-order valence-corrected chi connectivity index (χ1v) is 6.94. The minimum atomic E-state index is 0.0127. The van der Waals surface area contributed by atoms with Crippen molar-refractivity contribution >= 4 is 23.4 Å². The second kappa shape index (κ2) is 6.50. The average molecular weight is 259 g/mol. The summed E-state index contributed by atoms with van der Waals surface area (Å²) in [6.07, 6.45) is 0.966. The maximum atomic E-state index is 6.07. The molecule has 1 aromatic rings. The molecule has 0 aliphatic carbocycles. The zero-order valence-electron chi connectivity index (χ0n) is 9.02. The van der Waals surface area contributed by atoms with E-state index in [4.69, 9.17) is 21.1 Å². The van der Waals surface area contributed by atoms with E-state index >= 15 is 0 Å². The zero-order chi connectivity index (χ0) is 11.2. The fraction of sp³-hybridized carbons (Fsp3) is 0.500. The van der Waals surface area contributed by atoms with Crippen molar-refractivity contribution in [2.24, 2.45) is 0 Å². The molecule has 1 fully saturated rings. The number of thioether (sulfide) groups is 1. The Morgan fingerprint density at radius 2 is 2.00 bits per heavy atom. The Kier molecular flexibility index (Phi) is 4.97. The van der Waals surface area contributed by atoms with Crippen molar-refractivity contribution in [3.8, 4) is 0 Å². The summed E-state index contributed by atoms with van der Waals surface area (Å²) in [6.45, 7) is 1.47. The quantitative estimate of drug-likeness (QED) is 0.755. The Bertz CT molecular complexity index is 327. The Morgan fingerprint density at radius 1 is 1.25 bits per heavy atom. The lowest BCUT2D eigenvalue weighted by molar-refractivity contribution is -0.0421. The van der Waals surface area contributed by atoms with Crippen LogP contribution in [0.15, 0.2) is 24.3 Å². The monoisotopic (exact) mass is 258 g/mol. The summed E-state index contributed by atoms with van der Waals surface area (Å²) in [5.74, 6) is 1.99. The summed E-state index contributed by atoms with van der Waals surface area (Å²) in [6, 6.07) is 7.97. The molecule has 0 spiro atoms. The minimum absolute atomic E-state index is 0.0127. The van der Waals surface area contributed by atoms with Crippen LogP contribution >= 0.6 is 23.4 Å². The van der Waals surface area contributed by atoms with E-state index in [-0.39, 0.29) is 6.29 Å². The predicted octanol–water partition coefficient (Wildman–Crippen LogP) is 3.34. The molecule has 4 heteroatoms. The van der Waals surface area contributed by atoms with E-state index in [1.165, 1.54) is 5.56 Å². The van der Waals surface area contributed by atoms with Crippen molar-refractivity contribution in [3.05, 3.63) is 34.9 Å². The van der Waals surface area contributed by atoms with Gasteiger partial charge in [0.1, 0.15) is 0 Å². The molecule has 0 N–H and O–H groups in total. The van der Waals surface area contributed by atoms with E-state index in [9.17, 15) is 0 Å². The lowest BCUT2D eigenvalue weighted by atomic mass is 10.2. The predicted molar refractivity (Wildman–Crippen MR) is 67.9 cm³/mol.